The lowest BCUT2D eigenvalue weighted by Gasteiger charge is -2.30. The molecule has 0 amide bonds. The van der Waals surface area contributed by atoms with E-state index in [2.05, 4.69) is 206 Å². The molecule has 9 aromatic carbocycles. The van der Waals surface area contributed by atoms with Crippen LogP contribution in [0, 0.1) is 0 Å². The molecule has 0 bridgehead atoms. The quantitative estimate of drug-likeness (QED) is 0.108. The lowest BCUT2D eigenvalue weighted by atomic mass is 9.73. The van der Waals surface area contributed by atoms with Gasteiger partial charge in [0.25, 0.3) is 0 Å². The first-order chi connectivity index (χ1) is 33.7. The number of aromatic nitrogens is 2. The van der Waals surface area contributed by atoms with Crippen LogP contribution in [0.3, 0.4) is 0 Å². The van der Waals surface area contributed by atoms with E-state index < -0.39 is 0 Å². The summed E-state index contributed by atoms with van der Waals surface area (Å²) in [4.78, 5) is 0. The molecular formula is C60H44N4O2S2. The Kier molecular flexibility index (Phi) is 11.9. The highest BCUT2D eigenvalue weighted by Gasteiger charge is 2.30. The number of nitrogens with zero attached hydrogens (tertiary/aromatic N) is 4. The van der Waals surface area contributed by atoms with E-state index in [-0.39, 0.29) is 11.8 Å². The zero-order chi connectivity index (χ0) is 45.8. The largest absolute Gasteiger partial charge is 0.497 e. The summed E-state index contributed by atoms with van der Waals surface area (Å²) in [6, 6.07) is 77.4. The maximum Gasteiger partial charge on any atom is 0.118 e. The molecule has 0 aliphatic carbocycles. The number of ether oxygens (including phenoxy) is 2. The molecule has 11 rings (SSSR count). The topological polar surface area (TPSA) is 69.0 Å². The van der Waals surface area contributed by atoms with Crippen molar-refractivity contribution < 1.29 is 9.47 Å². The molecular weight excluding hydrogens is 873 g/mol. The summed E-state index contributed by atoms with van der Waals surface area (Å²) in [5.41, 5.74) is 18.7. The van der Waals surface area contributed by atoms with E-state index in [9.17, 15) is 0 Å². The lowest BCUT2D eigenvalue weighted by molar-refractivity contribution is 0.414. The number of hydrogen-bond acceptors (Lipinski definition) is 7. The molecule has 1 aliphatic heterocycles. The molecule has 1 unspecified atom stereocenters. The highest BCUT2D eigenvalue weighted by molar-refractivity contribution is 7.58. The van der Waals surface area contributed by atoms with Gasteiger partial charge in [-0.2, -0.15) is 17.5 Å². The fraction of sp³-hybridized carbons (Fsp3) is 0.0667. The van der Waals surface area contributed by atoms with Gasteiger partial charge in [0.15, 0.2) is 0 Å². The fourth-order valence-electron chi connectivity index (χ4n) is 9.63. The molecule has 2 heterocycles. The highest BCUT2D eigenvalue weighted by atomic mass is 32.1. The van der Waals surface area contributed by atoms with E-state index in [1.165, 1.54) is 45.3 Å². The maximum atomic E-state index is 5.59. The van der Waals surface area contributed by atoms with Crippen molar-refractivity contribution >= 4 is 56.6 Å². The number of methoxy groups -OCH3 is 2. The molecule has 0 radical (unpaired) electrons. The first-order valence-electron chi connectivity index (χ1n) is 22.5. The molecule has 0 saturated carbocycles. The van der Waals surface area contributed by atoms with Crippen LogP contribution in [-0.2, 0) is 11.4 Å². The van der Waals surface area contributed by atoms with Crippen molar-refractivity contribution in [2.24, 2.45) is 8.73 Å². The average Bonchev–Trinajstić information content (AvgIpc) is 4.11. The SMILES string of the molecule is COc1ccc(C(=C(c2ccccc2)c2ccccc2)c2ccc(-c3c4c(c(-c5ccc(C(c6ccc(OC)cc6)C(c6ccccc6)c6ccccc6)cc5)c5nsnc35)N=S=N4)cc2)cc1. The minimum atomic E-state index is 0.00330. The van der Waals surface area contributed by atoms with Crippen molar-refractivity contribution in [3.05, 3.63) is 263 Å². The van der Waals surface area contributed by atoms with Crippen LogP contribution in [0.5, 0.6) is 11.5 Å². The van der Waals surface area contributed by atoms with Crippen LogP contribution in [0.1, 0.15) is 56.3 Å². The molecule has 6 nitrogen and oxygen atoms in total. The Bertz CT molecular complexity index is 3380. The third-order valence-electron chi connectivity index (χ3n) is 12.8. The second-order valence-corrected chi connectivity index (χ2v) is 17.7. The van der Waals surface area contributed by atoms with E-state index in [4.69, 9.17) is 26.9 Å². The standard InChI is InChI=1S/C60H44N4O2S2/c1-65-49-35-31-45(32-36-49)53(51(39-15-7-3-8-16-39)40-17-9-4-10-18-40)43-23-27-47(28-24-43)55-57-59(63-67-61-57)56(60-58(55)62-68-64-60)48-29-25-44(26-30-48)54(46-33-37-50(66-2)38-34-46)52(41-19-11-5-12-20-41)42-21-13-6-14-22-42/h3-38,51,53H,1-2H3. The summed E-state index contributed by atoms with van der Waals surface area (Å²) in [6.07, 6.45) is 0. The minimum absolute atomic E-state index is 0.00330. The van der Waals surface area contributed by atoms with Gasteiger partial charge in [-0.05, 0) is 91.0 Å². The van der Waals surface area contributed by atoms with Gasteiger partial charge in [-0.15, -0.1) is 0 Å². The van der Waals surface area contributed by atoms with Crippen LogP contribution in [0.4, 0.5) is 11.4 Å². The monoisotopic (exact) mass is 916 g/mol. The van der Waals surface area contributed by atoms with Gasteiger partial charge < -0.3 is 9.47 Å². The van der Waals surface area contributed by atoms with Crippen LogP contribution >= 0.6 is 11.7 Å². The first-order valence-corrected chi connectivity index (χ1v) is 24.0. The van der Waals surface area contributed by atoms with Gasteiger partial charge in [-0.1, -0.05) is 194 Å². The van der Waals surface area contributed by atoms with Crippen LogP contribution in [0.15, 0.2) is 227 Å². The maximum absolute atomic E-state index is 5.59. The normalized spacial score (nSPS) is 12.1. The van der Waals surface area contributed by atoms with Gasteiger partial charge in [0.1, 0.15) is 33.9 Å². The minimum Gasteiger partial charge on any atom is -0.497 e. The molecule has 0 saturated heterocycles. The summed E-state index contributed by atoms with van der Waals surface area (Å²) in [7, 11) is 3.41. The number of rotatable bonds is 13. The van der Waals surface area contributed by atoms with E-state index in [0.717, 1.165) is 89.6 Å². The predicted molar refractivity (Wildman–Crippen MR) is 280 cm³/mol. The Labute approximate surface area is 404 Å². The second-order valence-electron chi connectivity index (χ2n) is 16.6. The van der Waals surface area contributed by atoms with Crippen LogP contribution in [0.2, 0.25) is 0 Å². The zero-order valence-electron chi connectivity index (χ0n) is 37.4. The zero-order valence-corrected chi connectivity index (χ0v) is 39.0. The summed E-state index contributed by atoms with van der Waals surface area (Å²) in [5, 5.41) is 0. The molecule has 10 aromatic rings. The molecule has 68 heavy (non-hydrogen) atoms. The molecule has 0 N–H and O–H groups in total. The fourth-order valence-corrected chi connectivity index (χ4v) is 10.7. The van der Waals surface area contributed by atoms with Crippen molar-refractivity contribution in [1.82, 2.24) is 8.75 Å². The smallest absolute Gasteiger partial charge is 0.118 e. The molecule has 8 heteroatoms. The highest BCUT2D eigenvalue weighted by Crippen LogP contribution is 2.53. The van der Waals surface area contributed by atoms with E-state index in [1.54, 1.807) is 14.2 Å². The first kappa shape index (κ1) is 42.6. The van der Waals surface area contributed by atoms with E-state index in [0.29, 0.717) is 0 Å². The van der Waals surface area contributed by atoms with E-state index in [1.807, 2.05) is 12.1 Å². The van der Waals surface area contributed by atoms with Crippen molar-refractivity contribution in [1.29, 1.82) is 0 Å². The Morgan fingerprint density at radius 1 is 0.368 bits per heavy atom. The van der Waals surface area contributed by atoms with Crippen LogP contribution in [0.25, 0.3) is 44.4 Å². The van der Waals surface area contributed by atoms with Crippen LogP contribution < -0.4 is 9.47 Å². The Morgan fingerprint density at radius 2 is 0.691 bits per heavy atom. The molecule has 1 aromatic heterocycles. The Hall–Kier alpha value is -8.04. The number of hydrogen-bond donors (Lipinski definition) is 0. The van der Waals surface area contributed by atoms with Crippen molar-refractivity contribution in [3.8, 4) is 33.8 Å². The van der Waals surface area contributed by atoms with Gasteiger partial charge >= 0.3 is 0 Å². The molecule has 1 atom stereocenters. The van der Waals surface area contributed by atoms with Gasteiger partial charge in [0.2, 0.25) is 0 Å². The average molecular weight is 917 g/mol. The van der Waals surface area contributed by atoms with Crippen molar-refractivity contribution in [2.75, 3.05) is 14.2 Å². The molecule has 0 spiro atoms. The Morgan fingerprint density at radius 3 is 1.10 bits per heavy atom. The summed E-state index contributed by atoms with van der Waals surface area (Å²) in [6.45, 7) is 0. The number of fused-ring (bicyclic) bond motifs is 2. The lowest BCUT2D eigenvalue weighted by Crippen LogP contribution is -2.14. The van der Waals surface area contributed by atoms with Gasteiger partial charge in [0, 0.05) is 23.0 Å². The van der Waals surface area contributed by atoms with Gasteiger partial charge in [0.05, 0.1) is 37.3 Å². The van der Waals surface area contributed by atoms with E-state index >= 15 is 0 Å². The summed E-state index contributed by atoms with van der Waals surface area (Å²) >= 11 is 2.44. The molecule has 1 aliphatic rings. The molecule has 0 fully saturated rings. The molecule has 328 valence electrons. The Balaban J connectivity index is 1.02. The summed E-state index contributed by atoms with van der Waals surface area (Å²) < 4.78 is 31.0. The predicted octanol–water partition coefficient (Wildman–Crippen LogP) is 15.7. The van der Waals surface area contributed by atoms with Gasteiger partial charge in [-0.25, -0.2) is 0 Å². The third-order valence-corrected chi connectivity index (χ3v) is 13.9. The van der Waals surface area contributed by atoms with Gasteiger partial charge in [-0.3, -0.25) is 0 Å². The number of benzene rings is 9. The van der Waals surface area contributed by atoms with Crippen LogP contribution in [-0.4, -0.2) is 23.0 Å². The third kappa shape index (κ3) is 8.14. The summed E-state index contributed by atoms with van der Waals surface area (Å²) in [5.74, 6) is 1.69. The van der Waals surface area contributed by atoms with Crippen molar-refractivity contribution in [2.45, 2.75) is 11.8 Å². The van der Waals surface area contributed by atoms with Crippen molar-refractivity contribution in [3.63, 3.8) is 0 Å². The second kappa shape index (κ2) is 19.1.